The lowest BCUT2D eigenvalue weighted by Gasteiger charge is -2.10. The van der Waals surface area contributed by atoms with E-state index in [0.717, 1.165) is 15.8 Å². The van der Waals surface area contributed by atoms with Crippen molar-refractivity contribution in [3.8, 4) is 0 Å². The summed E-state index contributed by atoms with van der Waals surface area (Å²) < 4.78 is 14.5. The van der Waals surface area contributed by atoms with Gasteiger partial charge in [0.2, 0.25) is 0 Å². The molecule has 17 heavy (non-hydrogen) atoms. The minimum absolute atomic E-state index is 0.279. The zero-order chi connectivity index (χ0) is 12.4. The van der Waals surface area contributed by atoms with Gasteiger partial charge in [0.15, 0.2) is 0 Å². The Labute approximate surface area is 115 Å². The molecule has 2 aromatic carbocycles. The molecule has 3 N–H and O–H groups in total. The first-order valence-corrected chi connectivity index (χ1v) is 6.42. The average molecular weight is 360 g/mol. The van der Waals surface area contributed by atoms with E-state index in [4.69, 9.17) is 5.73 Å². The maximum absolute atomic E-state index is 12.9. The topological polar surface area (TPSA) is 38.0 Å². The molecule has 0 aliphatic heterocycles. The van der Waals surface area contributed by atoms with Crippen molar-refractivity contribution in [1.29, 1.82) is 0 Å². The quantitative estimate of drug-likeness (QED) is 0.764. The molecule has 2 aromatic rings. The third-order valence-electron chi connectivity index (χ3n) is 2.19. The minimum atomic E-state index is -0.279. The highest BCUT2D eigenvalue weighted by molar-refractivity contribution is 9.11. The largest absolute Gasteiger partial charge is 0.399 e. The molecule has 0 bridgehead atoms. The summed E-state index contributed by atoms with van der Waals surface area (Å²) in [7, 11) is 0. The van der Waals surface area contributed by atoms with Crippen molar-refractivity contribution in [3.05, 3.63) is 51.2 Å². The van der Waals surface area contributed by atoms with E-state index < -0.39 is 0 Å². The summed E-state index contributed by atoms with van der Waals surface area (Å²) in [6.07, 6.45) is 0. The Balaban J connectivity index is 2.31. The smallest absolute Gasteiger partial charge is 0.124 e. The molecule has 0 heterocycles. The van der Waals surface area contributed by atoms with Crippen molar-refractivity contribution >= 4 is 48.9 Å². The molecule has 0 spiro atoms. The van der Waals surface area contributed by atoms with E-state index in [2.05, 4.69) is 37.2 Å². The highest BCUT2D eigenvalue weighted by Crippen LogP contribution is 2.31. The molecular formula is C12H9Br2FN2. The van der Waals surface area contributed by atoms with Gasteiger partial charge in [-0.3, -0.25) is 0 Å². The van der Waals surface area contributed by atoms with E-state index >= 15 is 0 Å². The first-order valence-electron chi connectivity index (χ1n) is 4.83. The Morgan fingerprint density at radius 2 is 1.53 bits per heavy atom. The zero-order valence-electron chi connectivity index (χ0n) is 8.68. The summed E-state index contributed by atoms with van der Waals surface area (Å²) >= 11 is 6.71. The number of anilines is 3. The minimum Gasteiger partial charge on any atom is -0.399 e. The van der Waals surface area contributed by atoms with Crippen molar-refractivity contribution in [3.63, 3.8) is 0 Å². The molecule has 0 aliphatic rings. The molecule has 2 rings (SSSR count). The number of benzene rings is 2. The second kappa shape index (κ2) is 5.06. The van der Waals surface area contributed by atoms with Crippen molar-refractivity contribution in [1.82, 2.24) is 0 Å². The maximum atomic E-state index is 12.9. The fraction of sp³-hybridized carbons (Fsp3) is 0. The van der Waals surface area contributed by atoms with Crippen LogP contribution in [0.4, 0.5) is 21.5 Å². The van der Waals surface area contributed by atoms with Crippen LogP contribution in [0.5, 0.6) is 0 Å². The Morgan fingerprint density at radius 3 is 2.12 bits per heavy atom. The van der Waals surface area contributed by atoms with E-state index in [1.165, 1.54) is 12.1 Å². The zero-order valence-corrected chi connectivity index (χ0v) is 11.8. The predicted octanol–water partition coefficient (Wildman–Crippen LogP) is 4.68. The lowest BCUT2D eigenvalue weighted by molar-refractivity contribution is 0.627. The number of halogens is 3. The lowest BCUT2D eigenvalue weighted by Crippen LogP contribution is -1.94. The molecule has 5 heteroatoms. The third kappa shape index (κ3) is 2.98. The Hall–Kier alpha value is -1.07. The van der Waals surface area contributed by atoms with Crippen LogP contribution in [0.3, 0.4) is 0 Å². The summed E-state index contributed by atoms with van der Waals surface area (Å²) in [6, 6.07) is 9.94. The molecule has 0 radical (unpaired) electrons. The third-order valence-corrected chi connectivity index (χ3v) is 3.51. The van der Waals surface area contributed by atoms with Gasteiger partial charge in [0.25, 0.3) is 0 Å². The summed E-state index contributed by atoms with van der Waals surface area (Å²) in [5, 5.41) is 3.18. The predicted molar refractivity (Wildman–Crippen MR) is 75.9 cm³/mol. The van der Waals surface area contributed by atoms with Gasteiger partial charge in [-0.15, -0.1) is 0 Å². The summed E-state index contributed by atoms with van der Waals surface area (Å²) in [4.78, 5) is 0. The number of nitrogen functional groups attached to an aromatic ring is 1. The number of rotatable bonds is 2. The maximum Gasteiger partial charge on any atom is 0.124 e. The van der Waals surface area contributed by atoms with Gasteiger partial charge in [-0.1, -0.05) is 0 Å². The van der Waals surface area contributed by atoms with Crippen LogP contribution in [0.1, 0.15) is 0 Å². The van der Waals surface area contributed by atoms with Gasteiger partial charge in [-0.2, -0.15) is 0 Å². The van der Waals surface area contributed by atoms with Gasteiger partial charge in [0.1, 0.15) is 5.82 Å². The molecule has 2 nitrogen and oxygen atoms in total. The first-order chi connectivity index (χ1) is 8.06. The number of nitrogens with two attached hydrogens (primary N) is 1. The van der Waals surface area contributed by atoms with E-state index in [9.17, 15) is 4.39 Å². The van der Waals surface area contributed by atoms with Crippen LogP contribution in [0, 0.1) is 5.82 Å². The Bertz CT molecular complexity index is 509. The van der Waals surface area contributed by atoms with Crippen LogP contribution in [-0.4, -0.2) is 0 Å². The fourth-order valence-electron chi connectivity index (χ4n) is 1.37. The SMILES string of the molecule is Nc1ccc(Nc2ccc(F)cc2Br)c(Br)c1. The molecular weight excluding hydrogens is 351 g/mol. The molecule has 88 valence electrons. The monoisotopic (exact) mass is 358 g/mol. The summed E-state index contributed by atoms with van der Waals surface area (Å²) in [5.74, 6) is -0.279. The van der Waals surface area contributed by atoms with E-state index in [1.54, 1.807) is 18.2 Å². The lowest BCUT2D eigenvalue weighted by atomic mass is 10.2. The normalized spacial score (nSPS) is 10.3. The van der Waals surface area contributed by atoms with Crippen molar-refractivity contribution in [2.24, 2.45) is 0 Å². The van der Waals surface area contributed by atoms with Gasteiger partial charge in [-0.05, 0) is 68.3 Å². The molecule has 0 saturated heterocycles. The van der Waals surface area contributed by atoms with Gasteiger partial charge in [0.05, 0.1) is 11.4 Å². The highest BCUT2D eigenvalue weighted by atomic mass is 79.9. The average Bonchev–Trinajstić information content (AvgIpc) is 2.25. The van der Waals surface area contributed by atoms with E-state index in [-0.39, 0.29) is 5.82 Å². The second-order valence-electron chi connectivity index (χ2n) is 3.49. The molecule has 0 aliphatic carbocycles. The van der Waals surface area contributed by atoms with Crippen LogP contribution in [0.15, 0.2) is 45.3 Å². The molecule has 0 amide bonds. The molecule has 0 fully saturated rings. The van der Waals surface area contributed by atoms with Gasteiger partial charge in [0, 0.05) is 14.6 Å². The van der Waals surface area contributed by atoms with Gasteiger partial charge < -0.3 is 11.1 Å². The summed E-state index contributed by atoms with van der Waals surface area (Å²) in [5.41, 5.74) is 7.99. The Morgan fingerprint density at radius 1 is 0.941 bits per heavy atom. The second-order valence-corrected chi connectivity index (χ2v) is 5.20. The van der Waals surface area contributed by atoms with Crippen LogP contribution < -0.4 is 11.1 Å². The van der Waals surface area contributed by atoms with Crippen LogP contribution in [0.25, 0.3) is 0 Å². The van der Waals surface area contributed by atoms with Crippen LogP contribution in [-0.2, 0) is 0 Å². The van der Waals surface area contributed by atoms with Crippen molar-refractivity contribution in [2.45, 2.75) is 0 Å². The summed E-state index contributed by atoms with van der Waals surface area (Å²) in [6.45, 7) is 0. The van der Waals surface area contributed by atoms with E-state index in [0.29, 0.717) is 10.2 Å². The van der Waals surface area contributed by atoms with Gasteiger partial charge in [-0.25, -0.2) is 4.39 Å². The molecule has 0 atom stereocenters. The fourth-order valence-corrected chi connectivity index (χ4v) is 2.31. The van der Waals surface area contributed by atoms with Crippen molar-refractivity contribution < 1.29 is 4.39 Å². The van der Waals surface area contributed by atoms with E-state index in [1.807, 2.05) is 6.07 Å². The number of nitrogens with one attached hydrogen (secondary N) is 1. The highest BCUT2D eigenvalue weighted by Gasteiger charge is 2.04. The van der Waals surface area contributed by atoms with Crippen LogP contribution >= 0.6 is 31.9 Å². The van der Waals surface area contributed by atoms with Crippen LogP contribution in [0.2, 0.25) is 0 Å². The molecule has 0 saturated carbocycles. The van der Waals surface area contributed by atoms with Crippen molar-refractivity contribution in [2.75, 3.05) is 11.1 Å². The number of hydrogen-bond donors (Lipinski definition) is 2. The Kier molecular flexibility index (Phi) is 3.69. The van der Waals surface area contributed by atoms with Gasteiger partial charge >= 0.3 is 0 Å². The molecule has 0 aromatic heterocycles. The molecule has 0 unspecified atom stereocenters. The standard InChI is InChI=1S/C12H9Br2FN2/c13-9-5-7(15)1-3-11(9)17-12-4-2-8(16)6-10(12)14/h1-6,17H,16H2. The number of hydrogen-bond acceptors (Lipinski definition) is 2. The first kappa shape index (κ1) is 12.4.